The van der Waals surface area contributed by atoms with Gasteiger partial charge in [-0.3, -0.25) is 4.79 Å². The van der Waals surface area contributed by atoms with E-state index in [9.17, 15) is 4.79 Å². The number of carbonyl (C=O) groups excluding carboxylic acids is 1. The molecule has 1 aliphatic heterocycles. The molecule has 7 rings (SSSR count). The van der Waals surface area contributed by atoms with Crippen molar-refractivity contribution in [3.8, 4) is 11.3 Å². The van der Waals surface area contributed by atoms with Gasteiger partial charge in [-0.25, -0.2) is 4.39 Å². The van der Waals surface area contributed by atoms with Crippen molar-refractivity contribution in [1.82, 2.24) is 9.47 Å². The summed E-state index contributed by atoms with van der Waals surface area (Å²) in [4.78, 5) is 15.9. The number of aromatic nitrogens is 1. The highest BCUT2D eigenvalue weighted by Crippen LogP contribution is 2.46. The number of amides is 1. The zero-order chi connectivity index (χ0) is 24.6. The third kappa shape index (κ3) is 3.49. The van der Waals surface area contributed by atoms with Gasteiger partial charge < -0.3 is 9.47 Å². The largest absolute Gasteiger partial charge is 0.344 e. The maximum Gasteiger partial charge on any atom is 0.254 e. The van der Waals surface area contributed by atoms with E-state index in [1.54, 1.807) is 6.07 Å². The average Bonchev–Trinajstić information content (AvgIpc) is 3.81. The first-order valence-corrected chi connectivity index (χ1v) is 13.3. The van der Waals surface area contributed by atoms with Crippen molar-refractivity contribution < 1.29 is 9.18 Å². The SMILES string of the molecule is CC1c2ccccc2CCN1C(=O)c1cc(C2CC2)c2cc(-c3ccc(C4CC4)cc3F)n(C)c2c1. The molecule has 0 bridgehead atoms. The molecule has 1 unspecified atom stereocenters. The topological polar surface area (TPSA) is 25.2 Å². The van der Waals surface area contributed by atoms with Crippen molar-refractivity contribution in [2.75, 3.05) is 6.54 Å². The van der Waals surface area contributed by atoms with Crippen molar-refractivity contribution in [1.29, 1.82) is 0 Å². The van der Waals surface area contributed by atoms with E-state index >= 15 is 4.39 Å². The molecule has 1 aromatic heterocycles. The molecule has 4 heteroatoms. The molecule has 2 fully saturated rings. The highest BCUT2D eigenvalue weighted by atomic mass is 19.1. The van der Waals surface area contributed by atoms with E-state index < -0.39 is 0 Å². The molecule has 3 nitrogen and oxygen atoms in total. The molecule has 3 aliphatic rings. The molecule has 0 saturated heterocycles. The van der Waals surface area contributed by atoms with Gasteiger partial charge in [0.2, 0.25) is 0 Å². The Hall–Kier alpha value is -3.40. The summed E-state index contributed by atoms with van der Waals surface area (Å²) in [5, 5.41) is 1.15. The van der Waals surface area contributed by atoms with Gasteiger partial charge in [-0.1, -0.05) is 30.3 Å². The smallest absolute Gasteiger partial charge is 0.254 e. The molecule has 0 N–H and O–H groups in total. The van der Waals surface area contributed by atoms with Crippen LogP contribution < -0.4 is 0 Å². The minimum absolute atomic E-state index is 0.0468. The van der Waals surface area contributed by atoms with E-state index in [1.807, 2.05) is 24.1 Å². The molecule has 36 heavy (non-hydrogen) atoms. The Labute approximate surface area is 211 Å². The lowest BCUT2D eigenvalue weighted by atomic mass is 9.92. The van der Waals surface area contributed by atoms with Gasteiger partial charge in [-0.05, 0) is 103 Å². The first kappa shape index (κ1) is 21.8. The molecule has 182 valence electrons. The van der Waals surface area contributed by atoms with Crippen LogP contribution in [0, 0.1) is 5.82 Å². The third-order valence-electron chi connectivity index (χ3n) is 8.63. The highest BCUT2D eigenvalue weighted by molar-refractivity contribution is 6.01. The summed E-state index contributed by atoms with van der Waals surface area (Å²) in [6.45, 7) is 2.86. The summed E-state index contributed by atoms with van der Waals surface area (Å²) in [5.74, 6) is 0.941. The van der Waals surface area contributed by atoms with Crippen LogP contribution in [0.4, 0.5) is 4.39 Å². The van der Waals surface area contributed by atoms with Gasteiger partial charge in [0.15, 0.2) is 0 Å². The fourth-order valence-electron chi connectivity index (χ4n) is 6.20. The number of hydrogen-bond donors (Lipinski definition) is 0. The van der Waals surface area contributed by atoms with E-state index in [4.69, 9.17) is 0 Å². The second-order valence-corrected chi connectivity index (χ2v) is 11.0. The van der Waals surface area contributed by atoms with Crippen LogP contribution in [-0.4, -0.2) is 21.9 Å². The number of nitrogens with zero attached hydrogens (tertiary/aromatic N) is 2. The molecule has 3 aromatic carbocycles. The number of carbonyl (C=O) groups is 1. The first-order chi connectivity index (χ1) is 17.5. The summed E-state index contributed by atoms with van der Waals surface area (Å²) in [6, 6.07) is 20.5. The van der Waals surface area contributed by atoms with Crippen molar-refractivity contribution in [2.24, 2.45) is 7.05 Å². The van der Waals surface area contributed by atoms with Gasteiger partial charge in [0.05, 0.1) is 11.7 Å². The predicted molar refractivity (Wildman–Crippen MR) is 142 cm³/mol. The van der Waals surface area contributed by atoms with Crippen LogP contribution >= 0.6 is 0 Å². The van der Waals surface area contributed by atoms with Crippen LogP contribution in [0.25, 0.3) is 22.2 Å². The average molecular weight is 479 g/mol. The van der Waals surface area contributed by atoms with E-state index in [0.29, 0.717) is 17.4 Å². The van der Waals surface area contributed by atoms with E-state index in [-0.39, 0.29) is 17.8 Å². The van der Waals surface area contributed by atoms with Gasteiger partial charge in [0.25, 0.3) is 5.91 Å². The van der Waals surface area contributed by atoms with Crippen LogP contribution in [-0.2, 0) is 13.5 Å². The van der Waals surface area contributed by atoms with Crippen LogP contribution in [0.1, 0.15) is 83.1 Å². The minimum atomic E-state index is -0.157. The number of benzene rings is 3. The lowest BCUT2D eigenvalue weighted by Crippen LogP contribution is -2.38. The maximum atomic E-state index is 15.2. The van der Waals surface area contributed by atoms with Crippen LogP contribution in [0.3, 0.4) is 0 Å². The summed E-state index contributed by atoms with van der Waals surface area (Å²) in [6.07, 6.45) is 5.50. The van der Waals surface area contributed by atoms with Crippen LogP contribution in [0.5, 0.6) is 0 Å². The van der Waals surface area contributed by atoms with Gasteiger partial charge in [0.1, 0.15) is 5.82 Å². The maximum absolute atomic E-state index is 15.2. The fourth-order valence-corrected chi connectivity index (χ4v) is 6.20. The summed E-state index contributed by atoms with van der Waals surface area (Å²) in [5.41, 5.74) is 8.18. The number of aryl methyl sites for hydroxylation is 1. The number of hydrogen-bond acceptors (Lipinski definition) is 1. The van der Waals surface area contributed by atoms with E-state index in [0.717, 1.165) is 66.4 Å². The summed E-state index contributed by atoms with van der Waals surface area (Å²) < 4.78 is 17.3. The second kappa shape index (κ2) is 8.06. The molecule has 2 aliphatic carbocycles. The lowest BCUT2D eigenvalue weighted by Gasteiger charge is -2.35. The zero-order valence-corrected chi connectivity index (χ0v) is 20.9. The van der Waals surface area contributed by atoms with E-state index in [2.05, 4.69) is 54.0 Å². The Morgan fingerprint density at radius 2 is 1.69 bits per heavy atom. The highest BCUT2D eigenvalue weighted by Gasteiger charge is 2.32. The summed E-state index contributed by atoms with van der Waals surface area (Å²) in [7, 11) is 2.00. The molecule has 2 heterocycles. The number of fused-ring (bicyclic) bond motifs is 2. The molecule has 0 radical (unpaired) electrons. The van der Waals surface area contributed by atoms with Gasteiger partial charge in [-0.2, -0.15) is 0 Å². The fraction of sp³-hybridized carbons (Fsp3) is 0.344. The van der Waals surface area contributed by atoms with Gasteiger partial charge in [0, 0.05) is 35.6 Å². The minimum Gasteiger partial charge on any atom is -0.344 e. The van der Waals surface area contributed by atoms with Crippen molar-refractivity contribution in [3.05, 3.63) is 94.3 Å². The molecule has 0 spiro atoms. The Morgan fingerprint density at radius 1 is 0.917 bits per heavy atom. The monoisotopic (exact) mass is 478 g/mol. The molecular formula is C32H31FN2O. The van der Waals surface area contributed by atoms with Gasteiger partial charge >= 0.3 is 0 Å². The molecular weight excluding hydrogens is 447 g/mol. The Balaban J connectivity index is 1.30. The van der Waals surface area contributed by atoms with Crippen molar-refractivity contribution in [2.45, 2.75) is 56.9 Å². The first-order valence-electron chi connectivity index (χ1n) is 13.3. The van der Waals surface area contributed by atoms with Crippen molar-refractivity contribution in [3.63, 3.8) is 0 Å². The van der Waals surface area contributed by atoms with Crippen LogP contribution in [0.2, 0.25) is 0 Å². The molecule has 1 atom stereocenters. The third-order valence-corrected chi connectivity index (χ3v) is 8.63. The number of rotatable bonds is 4. The van der Waals surface area contributed by atoms with Crippen molar-refractivity contribution >= 4 is 16.8 Å². The standard InChI is InChI=1S/C32H31FN2O/c1-19-25-6-4-3-5-21(25)13-14-35(19)32(36)24-15-27(22-9-10-22)28-18-31(34(2)30(28)17-24)26-12-11-23(16-29(26)33)20-7-8-20/h3-6,11-12,15-20,22H,7-10,13-14H2,1-2H3. The molecule has 1 amide bonds. The van der Waals surface area contributed by atoms with E-state index in [1.165, 1.54) is 16.7 Å². The number of halogens is 1. The molecule has 4 aromatic rings. The normalized spacial score (nSPS) is 19.5. The quantitative estimate of drug-likeness (QED) is 0.298. The predicted octanol–water partition coefficient (Wildman–Crippen LogP) is 7.50. The van der Waals surface area contributed by atoms with Crippen LogP contribution in [0.15, 0.2) is 60.7 Å². The Bertz CT molecular complexity index is 1520. The zero-order valence-electron chi connectivity index (χ0n) is 20.9. The molecule has 2 saturated carbocycles. The Kier molecular flexibility index (Phi) is 4.89. The van der Waals surface area contributed by atoms with Gasteiger partial charge in [-0.15, -0.1) is 0 Å². The summed E-state index contributed by atoms with van der Waals surface area (Å²) >= 11 is 0. The lowest BCUT2D eigenvalue weighted by molar-refractivity contribution is 0.0677. The Morgan fingerprint density at radius 3 is 2.44 bits per heavy atom. The second-order valence-electron chi connectivity index (χ2n) is 11.0.